The van der Waals surface area contributed by atoms with Crippen LogP contribution in [0, 0.1) is 0 Å². The molecule has 2 heterocycles. The van der Waals surface area contributed by atoms with Gasteiger partial charge >= 0.3 is 5.97 Å². The normalized spacial score (nSPS) is 21.3. The number of nitrogens with two attached hydrogens (primary N) is 1. The van der Waals surface area contributed by atoms with Crippen molar-refractivity contribution in [3.05, 3.63) is 79.1 Å². The molecule has 0 saturated heterocycles. The lowest BCUT2D eigenvalue weighted by Crippen LogP contribution is -2.53. The number of esters is 1. The predicted molar refractivity (Wildman–Crippen MR) is 137 cm³/mol. The molecule has 3 N–H and O–H groups in total. The zero-order valence-electron chi connectivity index (χ0n) is 18.6. The van der Waals surface area contributed by atoms with Gasteiger partial charge in [0, 0.05) is 43.5 Å². The van der Waals surface area contributed by atoms with Crippen LogP contribution in [0.5, 0.6) is 0 Å². The molecule has 0 saturated carbocycles. The maximum atomic E-state index is 13.9. The molecule has 10 heteroatoms. The lowest BCUT2D eigenvalue weighted by molar-refractivity contribution is -0.140. The summed E-state index contributed by atoms with van der Waals surface area (Å²) in [6.07, 6.45) is 1.26. The second-order valence-corrected chi connectivity index (χ2v) is 10.2. The van der Waals surface area contributed by atoms with Crippen LogP contribution < -0.4 is 16.0 Å². The second-order valence-electron chi connectivity index (χ2n) is 8.44. The van der Waals surface area contributed by atoms with E-state index in [1.165, 1.54) is 0 Å². The molecule has 0 fully saturated rings. The first kappa shape index (κ1) is 23.9. The van der Waals surface area contributed by atoms with Crippen LogP contribution in [0.15, 0.2) is 63.5 Å². The second kappa shape index (κ2) is 8.69. The van der Waals surface area contributed by atoms with E-state index in [2.05, 4.69) is 21.2 Å². The molecule has 1 spiro atoms. The van der Waals surface area contributed by atoms with Gasteiger partial charge in [-0.3, -0.25) is 14.5 Å². The highest BCUT2D eigenvalue weighted by molar-refractivity contribution is 9.10. The Morgan fingerprint density at radius 1 is 1.17 bits per heavy atom. The average molecular weight is 577 g/mol. The fourth-order valence-electron chi connectivity index (χ4n) is 5.25. The van der Waals surface area contributed by atoms with Gasteiger partial charge in [0.2, 0.25) is 5.91 Å². The summed E-state index contributed by atoms with van der Waals surface area (Å²) in [5.41, 5.74) is 7.06. The van der Waals surface area contributed by atoms with E-state index in [9.17, 15) is 14.4 Å². The number of benzene rings is 2. The summed E-state index contributed by atoms with van der Waals surface area (Å²) >= 11 is 16.0. The molecule has 5 rings (SSSR count). The molecule has 1 amide bonds. The molecule has 2 aromatic carbocycles. The number of nitrogens with zero attached hydrogens (tertiary/aromatic N) is 1. The smallest absolute Gasteiger partial charge is 0.339 e. The predicted octanol–water partition coefficient (Wildman–Crippen LogP) is 5.21. The van der Waals surface area contributed by atoms with E-state index in [1.54, 1.807) is 48.2 Å². The average Bonchev–Trinajstić information content (AvgIpc) is 3.05. The standard InChI is InChI=1S/C25H20BrCl2N3O4/c1-2-35-23(33)21-22(29)31(15-10-13(27)9-14(28)11-15)18-4-3-5-19(32)20(18)25(21)16-8-12(26)6-7-17(16)30-24(25)34/h6-11H,2-5,29H2,1H3,(H,30,34). The summed E-state index contributed by atoms with van der Waals surface area (Å²) in [7, 11) is 0. The van der Waals surface area contributed by atoms with Gasteiger partial charge in [0.1, 0.15) is 16.8 Å². The zero-order valence-corrected chi connectivity index (χ0v) is 21.7. The molecule has 0 bridgehead atoms. The summed E-state index contributed by atoms with van der Waals surface area (Å²) in [6.45, 7) is 1.72. The van der Waals surface area contributed by atoms with Crippen LogP contribution in [0.25, 0.3) is 0 Å². The number of ketones is 1. The van der Waals surface area contributed by atoms with Crippen molar-refractivity contribution < 1.29 is 19.1 Å². The third-order valence-corrected chi connectivity index (χ3v) is 7.39. The third kappa shape index (κ3) is 3.50. The number of carbonyl (C=O) groups is 3. The van der Waals surface area contributed by atoms with Gasteiger partial charge in [0.05, 0.1) is 12.3 Å². The zero-order chi connectivity index (χ0) is 25.1. The Morgan fingerprint density at radius 2 is 1.89 bits per heavy atom. The number of allylic oxidation sites excluding steroid dienone is 1. The molecule has 1 atom stereocenters. The van der Waals surface area contributed by atoms with Crippen LogP contribution in [-0.4, -0.2) is 24.3 Å². The van der Waals surface area contributed by atoms with Crippen LogP contribution >= 0.6 is 39.1 Å². The number of rotatable bonds is 3. The van der Waals surface area contributed by atoms with E-state index in [0.29, 0.717) is 50.0 Å². The Morgan fingerprint density at radius 3 is 2.57 bits per heavy atom. The van der Waals surface area contributed by atoms with Crippen LogP contribution in [0.1, 0.15) is 31.7 Å². The van der Waals surface area contributed by atoms with Crippen molar-refractivity contribution in [3.63, 3.8) is 0 Å². The Balaban J connectivity index is 1.91. The van der Waals surface area contributed by atoms with Crippen LogP contribution in [0.3, 0.4) is 0 Å². The van der Waals surface area contributed by atoms with Gasteiger partial charge in [-0.05, 0) is 56.2 Å². The SMILES string of the molecule is CCOC(=O)C1=C(N)N(c2cc(Cl)cc(Cl)c2)C2=C(C(=O)CCC2)C12C(=O)Nc1ccc(Br)cc12. The largest absolute Gasteiger partial charge is 0.462 e. The van der Waals surface area contributed by atoms with Gasteiger partial charge in [-0.2, -0.15) is 0 Å². The van der Waals surface area contributed by atoms with Crippen molar-refractivity contribution in [1.82, 2.24) is 0 Å². The van der Waals surface area contributed by atoms with Crippen molar-refractivity contribution in [2.24, 2.45) is 5.73 Å². The molecule has 7 nitrogen and oxygen atoms in total. The minimum absolute atomic E-state index is 0.0155. The first-order valence-corrected chi connectivity index (χ1v) is 12.6. The number of Topliss-reactive ketones (excluding diaryl/α,β-unsaturated/α-hetero) is 1. The van der Waals surface area contributed by atoms with E-state index >= 15 is 0 Å². The van der Waals surface area contributed by atoms with E-state index < -0.39 is 17.3 Å². The first-order chi connectivity index (χ1) is 16.7. The number of fused-ring (bicyclic) bond motifs is 3. The number of ether oxygens (including phenoxy) is 1. The molecule has 2 aliphatic heterocycles. The van der Waals surface area contributed by atoms with Crippen molar-refractivity contribution in [2.45, 2.75) is 31.6 Å². The maximum absolute atomic E-state index is 13.9. The van der Waals surface area contributed by atoms with Crippen molar-refractivity contribution >= 4 is 68.2 Å². The summed E-state index contributed by atoms with van der Waals surface area (Å²) < 4.78 is 6.08. The van der Waals surface area contributed by atoms with Crippen LogP contribution in [-0.2, 0) is 24.5 Å². The quantitative estimate of drug-likeness (QED) is 0.487. The number of halogens is 3. The molecular formula is C25H20BrCl2N3O4. The van der Waals surface area contributed by atoms with Gasteiger partial charge in [-0.25, -0.2) is 4.79 Å². The monoisotopic (exact) mass is 575 g/mol. The van der Waals surface area contributed by atoms with Crippen molar-refractivity contribution in [3.8, 4) is 0 Å². The molecular weight excluding hydrogens is 557 g/mol. The minimum Gasteiger partial charge on any atom is -0.462 e. The molecule has 0 aromatic heterocycles. The summed E-state index contributed by atoms with van der Waals surface area (Å²) in [5.74, 6) is -1.56. The molecule has 180 valence electrons. The van der Waals surface area contributed by atoms with Crippen molar-refractivity contribution in [2.75, 3.05) is 16.8 Å². The Bertz CT molecular complexity index is 1370. The highest BCUT2D eigenvalue weighted by Crippen LogP contribution is 2.56. The summed E-state index contributed by atoms with van der Waals surface area (Å²) in [4.78, 5) is 42.6. The lowest BCUT2D eigenvalue weighted by Gasteiger charge is -2.44. The number of hydrogen-bond donors (Lipinski definition) is 2. The molecule has 1 unspecified atom stereocenters. The summed E-state index contributed by atoms with van der Waals surface area (Å²) in [5, 5.41) is 3.57. The van der Waals surface area contributed by atoms with Crippen LogP contribution in [0.4, 0.5) is 11.4 Å². The van der Waals surface area contributed by atoms with Crippen LogP contribution in [0.2, 0.25) is 10.0 Å². The van der Waals surface area contributed by atoms with Gasteiger partial charge in [0.25, 0.3) is 0 Å². The summed E-state index contributed by atoms with van der Waals surface area (Å²) in [6, 6.07) is 10.1. The van der Waals surface area contributed by atoms with Crippen molar-refractivity contribution in [1.29, 1.82) is 0 Å². The Hall–Kier alpha value is -2.81. The van der Waals surface area contributed by atoms with E-state index in [1.807, 2.05) is 0 Å². The number of amides is 1. The highest BCUT2D eigenvalue weighted by atomic mass is 79.9. The van der Waals surface area contributed by atoms with Gasteiger partial charge in [0.15, 0.2) is 5.78 Å². The number of hydrogen-bond acceptors (Lipinski definition) is 6. The third-order valence-electron chi connectivity index (χ3n) is 6.46. The van der Waals surface area contributed by atoms with E-state index in [4.69, 9.17) is 33.7 Å². The fourth-order valence-corrected chi connectivity index (χ4v) is 6.12. The number of anilines is 2. The van der Waals surface area contributed by atoms with Gasteiger partial charge in [-0.1, -0.05) is 39.1 Å². The van der Waals surface area contributed by atoms with Gasteiger partial charge < -0.3 is 15.8 Å². The Labute approximate surface area is 220 Å². The Kier molecular flexibility index (Phi) is 5.94. The molecule has 2 aromatic rings. The van der Waals surface area contributed by atoms with E-state index in [0.717, 1.165) is 0 Å². The lowest BCUT2D eigenvalue weighted by atomic mass is 9.63. The highest BCUT2D eigenvalue weighted by Gasteiger charge is 2.62. The number of nitrogens with one attached hydrogen (secondary N) is 1. The maximum Gasteiger partial charge on any atom is 0.339 e. The topological polar surface area (TPSA) is 102 Å². The minimum atomic E-state index is -1.75. The number of carbonyl (C=O) groups excluding carboxylic acids is 3. The fraction of sp³-hybridized carbons (Fsp3) is 0.240. The molecule has 3 aliphatic rings. The molecule has 0 radical (unpaired) electrons. The van der Waals surface area contributed by atoms with Gasteiger partial charge in [-0.15, -0.1) is 0 Å². The molecule has 1 aliphatic carbocycles. The van der Waals surface area contributed by atoms with E-state index in [-0.39, 0.29) is 35.8 Å². The first-order valence-electron chi connectivity index (χ1n) is 11.0. The molecule has 35 heavy (non-hydrogen) atoms.